The van der Waals surface area contributed by atoms with E-state index in [2.05, 4.69) is 10.6 Å². The number of benzene rings is 1. The van der Waals surface area contributed by atoms with Crippen LogP contribution < -0.4 is 10.6 Å². The summed E-state index contributed by atoms with van der Waals surface area (Å²) in [5.41, 5.74) is 0.171. The first-order chi connectivity index (χ1) is 17.4. The average molecular weight is 536 g/mol. The molecule has 12 nitrogen and oxygen atoms in total. The molecule has 3 saturated heterocycles. The van der Waals surface area contributed by atoms with Crippen LogP contribution in [0, 0.1) is 5.82 Å². The maximum Gasteiger partial charge on any atom is 0.327 e. The van der Waals surface area contributed by atoms with Crippen LogP contribution in [0.4, 0.5) is 9.18 Å². The van der Waals surface area contributed by atoms with Crippen molar-refractivity contribution in [2.24, 2.45) is 0 Å². The van der Waals surface area contributed by atoms with Gasteiger partial charge >= 0.3 is 23.8 Å². The van der Waals surface area contributed by atoms with Crippen molar-refractivity contribution in [2.45, 2.75) is 49.0 Å². The number of likely N-dealkylation sites (N-methyl/N-ethyl adjacent to an activating group) is 1. The zero-order valence-corrected chi connectivity index (χ0v) is 21.1. The van der Waals surface area contributed by atoms with Gasteiger partial charge in [-0.1, -0.05) is 12.1 Å². The second-order valence-electron chi connectivity index (χ2n) is 9.36. The number of halogens is 1. The molecule has 3 N–H and O–H groups in total. The van der Waals surface area contributed by atoms with Crippen LogP contribution in [0.25, 0.3) is 0 Å². The summed E-state index contributed by atoms with van der Waals surface area (Å²) in [7, 11) is 0. The second-order valence-corrected chi connectivity index (χ2v) is 11.1. The van der Waals surface area contributed by atoms with E-state index in [9.17, 15) is 38.3 Å². The number of piperazine rings is 1. The molecule has 0 saturated carbocycles. The third-order valence-corrected chi connectivity index (χ3v) is 8.21. The highest BCUT2D eigenvalue weighted by atomic mass is 32.2. The number of imide groups is 1. The number of fused-ring (bicyclic) bond motifs is 1. The third kappa shape index (κ3) is 4.61. The number of aliphatic carboxylic acids is 1. The molecule has 0 aliphatic carbocycles. The largest absolute Gasteiger partial charge is 0.480 e. The molecule has 198 valence electrons. The number of nitrogens with one attached hydrogen (secondary N) is 2. The Balaban J connectivity index is 1.53. The topological polar surface area (TPSA) is 156 Å². The Labute approximate surface area is 215 Å². The van der Waals surface area contributed by atoms with Gasteiger partial charge in [0.15, 0.2) is 0 Å². The molecule has 4 unspecified atom stereocenters. The van der Waals surface area contributed by atoms with E-state index in [-0.39, 0.29) is 18.7 Å². The third-order valence-electron chi connectivity index (χ3n) is 6.64. The molecule has 3 aliphatic heterocycles. The number of carbonyl (C=O) groups is 6. The molecule has 6 amide bonds. The summed E-state index contributed by atoms with van der Waals surface area (Å²) in [6.07, 6.45) is 0. The number of hydrogen-bond acceptors (Lipinski definition) is 7. The zero-order chi connectivity index (χ0) is 27.2. The smallest absolute Gasteiger partial charge is 0.327 e. The van der Waals surface area contributed by atoms with E-state index in [1.54, 1.807) is 20.8 Å². The number of nitrogens with zero attached hydrogens (tertiary/aromatic N) is 3. The molecule has 1 aromatic rings. The van der Waals surface area contributed by atoms with E-state index in [0.29, 0.717) is 11.4 Å². The van der Waals surface area contributed by atoms with Gasteiger partial charge in [-0.25, -0.2) is 14.0 Å². The van der Waals surface area contributed by atoms with Gasteiger partial charge in [-0.2, -0.15) is 0 Å². The molecule has 0 radical (unpaired) electrons. The van der Waals surface area contributed by atoms with Crippen molar-refractivity contribution >= 4 is 47.4 Å². The van der Waals surface area contributed by atoms with Crippen molar-refractivity contribution in [1.82, 2.24) is 25.3 Å². The second kappa shape index (κ2) is 9.65. The predicted molar refractivity (Wildman–Crippen MR) is 127 cm³/mol. The summed E-state index contributed by atoms with van der Waals surface area (Å²) in [5, 5.41) is 13.9. The normalized spacial score (nSPS) is 25.4. The van der Waals surface area contributed by atoms with Crippen molar-refractivity contribution in [2.75, 3.05) is 19.6 Å². The van der Waals surface area contributed by atoms with Crippen LogP contribution in [-0.2, 0) is 24.0 Å². The van der Waals surface area contributed by atoms with E-state index in [1.807, 2.05) is 0 Å². The minimum Gasteiger partial charge on any atom is -0.480 e. The maximum absolute atomic E-state index is 13.5. The lowest BCUT2D eigenvalue weighted by Crippen LogP contribution is -2.71. The number of carbonyl (C=O) groups excluding carboxylic acids is 5. The molecule has 37 heavy (non-hydrogen) atoms. The van der Waals surface area contributed by atoms with E-state index < -0.39 is 69.7 Å². The first-order valence-electron chi connectivity index (χ1n) is 11.6. The van der Waals surface area contributed by atoms with Gasteiger partial charge in [0.25, 0.3) is 0 Å². The van der Waals surface area contributed by atoms with Crippen molar-refractivity contribution in [3.8, 4) is 0 Å². The van der Waals surface area contributed by atoms with Crippen LogP contribution >= 0.6 is 11.8 Å². The summed E-state index contributed by atoms with van der Waals surface area (Å²) < 4.78 is 12.7. The fourth-order valence-electron chi connectivity index (χ4n) is 4.71. The lowest BCUT2D eigenvalue weighted by atomic mass is 9.95. The van der Waals surface area contributed by atoms with Gasteiger partial charge in [-0.05, 0) is 38.5 Å². The summed E-state index contributed by atoms with van der Waals surface area (Å²) in [6, 6.07) is 0.159. The molecule has 0 aromatic heterocycles. The fourth-order valence-corrected chi connectivity index (χ4v) is 6.33. The van der Waals surface area contributed by atoms with Crippen LogP contribution in [0.3, 0.4) is 0 Å². The van der Waals surface area contributed by atoms with Gasteiger partial charge in [-0.15, -0.1) is 11.8 Å². The quantitative estimate of drug-likeness (QED) is 0.337. The number of carboxylic acids is 1. The summed E-state index contributed by atoms with van der Waals surface area (Å²) in [6.45, 7) is 5.43. The average Bonchev–Trinajstić information content (AvgIpc) is 3.10. The molecular weight excluding hydrogens is 509 g/mol. The molecule has 3 fully saturated rings. The lowest BCUT2D eigenvalue weighted by molar-refractivity contribution is -0.161. The highest BCUT2D eigenvalue weighted by Gasteiger charge is 2.64. The molecule has 1 aromatic carbocycles. The Hall–Kier alpha value is -3.68. The number of thioether (sulfide) groups is 1. The van der Waals surface area contributed by atoms with E-state index in [0.717, 1.165) is 12.1 Å². The van der Waals surface area contributed by atoms with Crippen molar-refractivity contribution in [3.63, 3.8) is 0 Å². The molecule has 3 heterocycles. The highest BCUT2D eigenvalue weighted by molar-refractivity contribution is 8.01. The van der Waals surface area contributed by atoms with Gasteiger partial charge in [0.2, 0.25) is 11.8 Å². The molecule has 0 spiro atoms. The number of carboxylic acid groups (broad SMARTS) is 1. The highest BCUT2D eigenvalue weighted by Crippen LogP contribution is 2.50. The zero-order valence-electron chi connectivity index (χ0n) is 20.3. The fraction of sp³-hybridized carbons (Fsp3) is 0.478. The number of rotatable bonds is 6. The SMILES string of the molecule is CCN1CCN(C(=O)NC(C(=O)NC2C(=O)N3C2SC(C)(C)C3C(=O)O)c2ccc(F)cc2)C(=O)C1=O. The van der Waals surface area contributed by atoms with Gasteiger partial charge < -0.3 is 25.5 Å². The Morgan fingerprint density at radius 1 is 1.14 bits per heavy atom. The van der Waals surface area contributed by atoms with Gasteiger partial charge in [0.1, 0.15) is 29.3 Å². The molecule has 0 bridgehead atoms. The number of amides is 6. The standard InChI is InChI=1S/C23H26FN5O7S/c1-4-27-9-10-28(19(33)18(27)32)22(36)26-13(11-5-7-12(24)8-6-11)16(30)25-14-17(31)29-15(21(34)35)23(2,3)37-20(14)29/h5-8,13-15,20H,4,9-10H2,1-3H3,(H,25,30)(H,26,36)(H,34,35). The first kappa shape index (κ1) is 26.4. The Morgan fingerprint density at radius 2 is 1.78 bits per heavy atom. The van der Waals surface area contributed by atoms with E-state index in [1.165, 1.54) is 33.7 Å². The van der Waals surface area contributed by atoms with Gasteiger partial charge in [-0.3, -0.25) is 24.1 Å². The van der Waals surface area contributed by atoms with Gasteiger partial charge in [0.05, 0.1) is 0 Å². The van der Waals surface area contributed by atoms with Crippen LogP contribution in [0.5, 0.6) is 0 Å². The molecule has 14 heteroatoms. The molecule has 3 aliphatic rings. The van der Waals surface area contributed by atoms with E-state index >= 15 is 0 Å². The number of hydrogen-bond donors (Lipinski definition) is 3. The molecule has 4 rings (SSSR count). The van der Waals surface area contributed by atoms with E-state index in [4.69, 9.17) is 0 Å². The van der Waals surface area contributed by atoms with Gasteiger partial charge in [0, 0.05) is 24.4 Å². The maximum atomic E-state index is 13.5. The van der Waals surface area contributed by atoms with Crippen molar-refractivity contribution in [3.05, 3.63) is 35.6 Å². The molecular formula is C23H26FN5O7S. The minimum atomic E-state index is -1.43. The lowest BCUT2D eigenvalue weighted by Gasteiger charge is -2.44. The van der Waals surface area contributed by atoms with Crippen molar-refractivity contribution in [1.29, 1.82) is 0 Å². The first-order valence-corrected chi connectivity index (χ1v) is 12.4. The summed E-state index contributed by atoms with van der Waals surface area (Å²) in [5.74, 6) is -5.03. The Kier molecular flexibility index (Phi) is 6.88. The van der Waals surface area contributed by atoms with Crippen LogP contribution in [0.1, 0.15) is 32.4 Å². The summed E-state index contributed by atoms with van der Waals surface area (Å²) in [4.78, 5) is 78.6. The van der Waals surface area contributed by atoms with Crippen LogP contribution in [0.2, 0.25) is 0 Å². The monoisotopic (exact) mass is 535 g/mol. The van der Waals surface area contributed by atoms with Crippen LogP contribution in [0.15, 0.2) is 24.3 Å². The number of β-lactam (4-membered cyclic amide) rings is 1. The number of urea groups is 1. The van der Waals surface area contributed by atoms with Crippen molar-refractivity contribution < 1.29 is 38.3 Å². The molecule has 4 atom stereocenters. The Bertz CT molecular complexity index is 1180. The van der Waals surface area contributed by atoms with Crippen LogP contribution in [-0.4, -0.2) is 97.3 Å². The minimum absolute atomic E-state index is 0.0809. The summed E-state index contributed by atoms with van der Waals surface area (Å²) >= 11 is 1.23. The predicted octanol–water partition coefficient (Wildman–Crippen LogP) is -0.101. The Morgan fingerprint density at radius 3 is 2.38 bits per heavy atom.